The number of rotatable bonds is 8. The van der Waals surface area contributed by atoms with Gasteiger partial charge in [0.15, 0.2) is 0 Å². The standard InChI is InChI=1S/C29H24ClN3O5/c1-37-26-13-12-20(17-24(26)30)33-28(35)23(27(34)31-29(33)36)16-19-18-32(25-11-6-5-10-22(19)25)14-7-15-38-21-8-3-2-4-9-21/h2-6,8-13,16-18H,7,14-15H2,1H3,(H,31,34,36)/b23-16+. The van der Waals surface area contributed by atoms with E-state index in [2.05, 4.69) is 9.88 Å². The molecule has 0 aliphatic carbocycles. The van der Waals surface area contributed by atoms with Crippen LogP contribution in [0.15, 0.2) is 84.6 Å². The van der Waals surface area contributed by atoms with E-state index in [-0.39, 0.29) is 16.3 Å². The number of aromatic nitrogens is 1. The van der Waals surface area contributed by atoms with Gasteiger partial charge >= 0.3 is 6.03 Å². The summed E-state index contributed by atoms with van der Waals surface area (Å²) in [5.74, 6) is -0.291. The molecule has 2 heterocycles. The van der Waals surface area contributed by atoms with Gasteiger partial charge in [-0.2, -0.15) is 0 Å². The predicted octanol–water partition coefficient (Wildman–Crippen LogP) is 5.44. The zero-order valence-corrected chi connectivity index (χ0v) is 21.3. The van der Waals surface area contributed by atoms with Crippen LogP contribution in [-0.2, 0) is 16.1 Å². The van der Waals surface area contributed by atoms with Crippen molar-refractivity contribution in [1.29, 1.82) is 0 Å². The van der Waals surface area contributed by atoms with Crippen LogP contribution in [0, 0.1) is 0 Å². The van der Waals surface area contributed by atoms with Crippen molar-refractivity contribution in [3.63, 3.8) is 0 Å². The van der Waals surface area contributed by atoms with E-state index in [1.165, 1.54) is 25.3 Å². The summed E-state index contributed by atoms with van der Waals surface area (Å²) in [6, 6.07) is 21.0. The second-order valence-electron chi connectivity index (χ2n) is 8.59. The van der Waals surface area contributed by atoms with Crippen LogP contribution in [0.25, 0.3) is 17.0 Å². The summed E-state index contributed by atoms with van der Waals surface area (Å²) >= 11 is 6.21. The van der Waals surface area contributed by atoms with Crippen LogP contribution in [0.4, 0.5) is 10.5 Å². The molecule has 1 N–H and O–H groups in total. The number of hydrogen-bond acceptors (Lipinski definition) is 5. The molecule has 0 saturated carbocycles. The minimum absolute atomic E-state index is 0.160. The Kier molecular flexibility index (Phi) is 7.15. The van der Waals surface area contributed by atoms with E-state index in [1.807, 2.05) is 60.8 Å². The number of urea groups is 1. The van der Waals surface area contributed by atoms with Gasteiger partial charge in [0.05, 0.1) is 24.4 Å². The second-order valence-corrected chi connectivity index (χ2v) is 8.99. The number of halogens is 1. The Hall–Kier alpha value is -4.56. The molecule has 4 aromatic rings. The fraction of sp³-hybridized carbons (Fsp3) is 0.138. The average Bonchev–Trinajstić information content (AvgIpc) is 3.27. The van der Waals surface area contributed by atoms with Crippen LogP contribution in [0.5, 0.6) is 11.5 Å². The van der Waals surface area contributed by atoms with Gasteiger partial charge in [0.2, 0.25) is 0 Å². The topological polar surface area (TPSA) is 89.9 Å². The molecular formula is C29H24ClN3O5. The van der Waals surface area contributed by atoms with Gasteiger partial charge < -0.3 is 14.0 Å². The first-order valence-electron chi connectivity index (χ1n) is 12.0. The molecular weight excluding hydrogens is 506 g/mol. The molecule has 5 rings (SSSR count). The number of carbonyl (C=O) groups is 3. The number of fused-ring (bicyclic) bond motifs is 1. The van der Waals surface area contributed by atoms with Gasteiger partial charge in [0.25, 0.3) is 11.8 Å². The summed E-state index contributed by atoms with van der Waals surface area (Å²) < 4.78 is 13.0. The van der Waals surface area contributed by atoms with Gasteiger partial charge in [-0.25, -0.2) is 9.69 Å². The first kappa shape index (κ1) is 25.1. The number of amides is 4. The quantitative estimate of drug-likeness (QED) is 0.186. The molecule has 1 aromatic heterocycles. The molecule has 0 radical (unpaired) electrons. The number of para-hydroxylation sites is 2. The average molecular weight is 530 g/mol. The first-order valence-corrected chi connectivity index (χ1v) is 12.3. The lowest BCUT2D eigenvalue weighted by Crippen LogP contribution is -2.54. The van der Waals surface area contributed by atoms with Gasteiger partial charge in [0.1, 0.15) is 17.1 Å². The number of anilines is 1. The summed E-state index contributed by atoms with van der Waals surface area (Å²) in [6.07, 6.45) is 4.16. The van der Waals surface area contributed by atoms with Crippen LogP contribution in [0.3, 0.4) is 0 Å². The van der Waals surface area contributed by atoms with Crippen LogP contribution in [0.2, 0.25) is 5.02 Å². The van der Waals surface area contributed by atoms with Gasteiger partial charge in [-0.1, -0.05) is 48.0 Å². The normalized spacial score (nSPS) is 14.7. The van der Waals surface area contributed by atoms with E-state index in [1.54, 1.807) is 6.07 Å². The van der Waals surface area contributed by atoms with Crippen molar-refractivity contribution in [2.24, 2.45) is 0 Å². The summed E-state index contributed by atoms with van der Waals surface area (Å²) in [4.78, 5) is 39.6. The lowest BCUT2D eigenvalue weighted by molar-refractivity contribution is -0.122. The maximum absolute atomic E-state index is 13.4. The Morgan fingerprint density at radius 1 is 0.974 bits per heavy atom. The molecule has 1 aliphatic rings. The fourth-order valence-electron chi connectivity index (χ4n) is 4.36. The third-order valence-electron chi connectivity index (χ3n) is 6.17. The molecule has 1 aliphatic heterocycles. The van der Waals surface area contributed by atoms with Crippen LogP contribution < -0.4 is 19.7 Å². The Bertz CT molecular complexity index is 1560. The summed E-state index contributed by atoms with van der Waals surface area (Å²) in [5.41, 5.74) is 1.70. The zero-order chi connectivity index (χ0) is 26.6. The summed E-state index contributed by atoms with van der Waals surface area (Å²) in [7, 11) is 1.46. The summed E-state index contributed by atoms with van der Waals surface area (Å²) in [6.45, 7) is 1.21. The molecule has 8 nitrogen and oxygen atoms in total. The minimum Gasteiger partial charge on any atom is -0.495 e. The number of aryl methyl sites for hydroxylation is 1. The van der Waals surface area contributed by atoms with E-state index in [0.717, 1.165) is 28.0 Å². The molecule has 0 atom stereocenters. The van der Waals surface area contributed by atoms with E-state index in [0.29, 0.717) is 24.5 Å². The molecule has 3 aromatic carbocycles. The number of carbonyl (C=O) groups excluding carboxylic acids is 3. The lowest BCUT2D eigenvalue weighted by Gasteiger charge is -2.26. The molecule has 0 bridgehead atoms. The molecule has 0 spiro atoms. The van der Waals surface area contributed by atoms with Crippen molar-refractivity contribution in [3.05, 3.63) is 95.2 Å². The molecule has 4 amide bonds. The smallest absolute Gasteiger partial charge is 0.335 e. The molecule has 9 heteroatoms. The molecule has 1 fully saturated rings. The third kappa shape index (κ3) is 4.99. The number of hydrogen-bond donors (Lipinski definition) is 1. The van der Waals surface area contributed by atoms with Gasteiger partial charge in [-0.3, -0.25) is 14.9 Å². The monoisotopic (exact) mass is 529 g/mol. The highest BCUT2D eigenvalue weighted by Crippen LogP contribution is 2.31. The van der Waals surface area contributed by atoms with E-state index in [4.69, 9.17) is 21.1 Å². The second kappa shape index (κ2) is 10.8. The number of nitrogens with one attached hydrogen (secondary N) is 1. The van der Waals surface area contributed by atoms with Gasteiger partial charge in [-0.05, 0) is 48.9 Å². The minimum atomic E-state index is -0.848. The summed E-state index contributed by atoms with van der Waals surface area (Å²) in [5, 5.41) is 3.35. The molecule has 192 valence electrons. The number of imide groups is 2. The Morgan fingerprint density at radius 2 is 1.74 bits per heavy atom. The van der Waals surface area contributed by atoms with Crippen molar-refractivity contribution in [1.82, 2.24) is 9.88 Å². The molecule has 38 heavy (non-hydrogen) atoms. The predicted molar refractivity (Wildman–Crippen MR) is 145 cm³/mol. The van der Waals surface area contributed by atoms with Crippen LogP contribution >= 0.6 is 11.6 Å². The van der Waals surface area contributed by atoms with Crippen LogP contribution in [-0.4, -0.2) is 36.1 Å². The molecule has 1 saturated heterocycles. The Labute approximate surface area is 224 Å². The third-order valence-corrected chi connectivity index (χ3v) is 6.47. The highest BCUT2D eigenvalue weighted by molar-refractivity contribution is 6.40. The highest BCUT2D eigenvalue weighted by Gasteiger charge is 2.37. The Balaban J connectivity index is 1.42. The number of ether oxygens (including phenoxy) is 2. The van der Waals surface area contributed by atoms with Crippen molar-refractivity contribution in [2.45, 2.75) is 13.0 Å². The van der Waals surface area contributed by atoms with E-state index >= 15 is 0 Å². The number of benzene rings is 3. The SMILES string of the molecule is COc1ccc(N2C(=O)NC(=O)/C(=C\c3cn(CCCOc4ccccc4)c4ccccc34)C2=O)cc1Cl. The highest BCUT2D eigenvalue weighted by atomic mass is 35.5. The largest absolute Gasteiger partial charge is 0.495 e. The number of methoxy groups -OCH3 is 1. The van der Waals surface area contributed by atoms with Gasteiger partial charge in [0, 0.05) is 29.2 Å². The number of nitrogens with zero attached hydrogens (tertiary/aromatic N) is 2. The molecule has 0 unspecified atom stereocenters. The number of barbiturate groups is 1. The first-order chi connectivity index (χ1) is 18.5. The van der Waals surface area contributed by atoms with Crippen molar-refractivity contribution in [2.75, 3.05) is 18.6 Å². The van der Waals surface area contributed by atoms with Crippen molar-refractivity contribution in [3.8, 4) is 11.5 Å². The Morgan fingerprint density at radius 3 is 2.50 bits per heavy atom. The van der Waals surface area contributed by atoms with Crippen LogP contribution in [0.1, 0.15) is 12.0 Å². The zero-order valence-electron chi connectivity index (χ0n) is 20.5. The van der Waals surface area contributed by atoms with E-state index in [9.17, 15) is 14.4 Å². The maximum Gasteiger partial charge on any atom is 0.335 e. The lowest BCUT2D eigenvalue weighted by atomic mass is 10.1. The maximum atomic E-state index is 13.4. The van der Waals surface area contributed by atoms with Gasteiger partial charge in [-0.15, -0.1) is 0 Å². The van der Waals surface area contributed by atoms with Crippen molar-refractivity contribution < 1.29 is 23.9 Å². The fourth-order valence-corrected chi connectivity index (χ4v) is 4.61. The van der Waals surface area contributed by atoms with Crippen molar-refractivity contribution >= 4 is 52.1 Å². The van der Waals surface area contributed by atoms with E-state index < -0.39 is 17.8 Å².